The predicted octanol–water partition coefficient (Wildman–Crippen LogP) is 5.56. The van der Waals surface area contributed by atoms with Crippen molar-refractivity contribution in [2.45, 2.75) is 25.9 Å². The van der Waals surface area contributed by atoms with Crippen molar-refractivity contribution in [3.8, 4) is 0 Å². The van der Waals surface area contributed by atoms with Gasteiger partial charge in [-0.25, -0.2) is 0 Å². The van der Waals surface area contributed by atoms with Crippen LogP contribution in [-0.4, -0.2) is 26.9 Å². The van der Waals surface area contributed by atoms with E-state index >= 15 is 0 Å². The SMILES string of the molecule is CC(C)(C)P.F[B-](F)(F)F.F[B-](F)(F)F.F[B-](F)(F)F. The highest BCUT2D eigenvalue weighted by molar-refractivity contribution is 7.18. The van der Waals surface area contributed by atoms with E-state index in [-0.39, 0.29) is 0 Å². The first-order chi connectivity index (χ1) is 8.00. The first-order valence-corrected chi connectivity index (χ1v) is 4.98. The highest BCUT2D eigenvalue weighted by Gasteiger charge is 2.21. The van der Waals surface area contributed by atoms with Crippen molar-refractivity contribution in [2.75, 3.05) is 0 Å². The molecular formula is C4H11B3F12P-3. The van der Waals surface area contributed by atoms with E-state index in [2.05, 4.69) is 30.0 Å². The minimum atomic E-state index is -6.00. The molecule has 128 valence electrons. The Morgan fingerprint density at radius 2 is 0.500 bits per heavy atom. The Labute approximate surface area is 110 Å². The molecule has 1 unspecified atom stereocenters. The molecule has 16 heteroatoms. The van der Waals surface area contributed by atoms with E-state index in [1.807, 2.05) is 0 Å². The largest absolute Gasteiger partial charge is 0.673 e. The van der Waals surface area contributed by atoms with Crippen LogP contribution in [0.1, 0.15) is 20.8 Å². The third-order valence-corrected chi connectivity index (χ3v) is 0. The van der Waals surface area contributed by atoms with E-state index in [1.54, 1.807) is 0 Å². The van der Waals surface area contributed by atoms with Crippen LogP contribution in [0, 0.1) is 0 Å². The maximum absolute atomic E-state index is 9.75. The molecule has 0 aromatic heterocycles. The molecule has 0 saturated carbocycles. The molecule has 0 amide bonds. The van der Waals surface area contributed by atoms with Gasteiger partial charge in [0.2, 0.25) is 0 Å². The third-order valence-electron chi connectivity index (χ3n) is 0. The second-order valence-electron chi connectivity index (χ2n) is 3.85. The molecule has 0 nitrogen and oxygen atoms in total. The second-order valence-corrected chi connectivity index (χ2v) is 5.58. The quantitative estimate of drug-likeness (QED) is 0.305. The minimum Gasteiger partial charge on any atom is -0.418 e. The van der Waals surface area contributed by atoms with Gasteiger partial charge in [0.05, 0.1) is 0 Å². The van der Waals surface area contributed by atoms with E-state index in [1.165, 1.54) is 0 Å². The van der Waals surface area contributed by atoms with Crippen LogP contribution in [-0.2, 0) is 0 Å². The number of hydrogen-bond acceptors (Lipinski definition) is 0. The van der Waals surface area contributed by atoms with Gasteiger partial charge in [0, 0.05) is 0 Å². The highest BCUT2D eigenvalue weighted by Crippen LogP contribution is 2.12. The summed E-state index contributed by atoms with van der Waals surface area (Å²) in [6.07, 6.45) is 0. The lowest BCUT2D eigenvalue weighted by molar-refractivity contribution is 0.366. The molecule has 0 aromatic carbocycles. The smallest absolute Gasteiger partial charge is 0.418 e. The molecular weight excluding hydrogens is 339 g/mol. The molecule has 0 rings (SSSR count). The van der Waals surface area contributed by atoms with Crippen molar-refractivity contribution in [3.63, 3.8) is 0 Å². The number of hydrogen-bond donors (Lipinski definition) is 0. The average Bonchev–Trinajstić information content (AvgIpc) is 1.62. The lowest BCUT2D eigenvalue weighted by atomic mass is 10.3. The van der Waals surface area contributed by atoms with Gasteiger partial charge in [0.1, 0.15) is 0 Å². The van der Waals surface area contributed by atoms with Gasteiger partial charge in [0.25, 0.3) is 0 Å². The van der Waals surface area contributed by atoms with Crippen molar-refractivity contribution in [1.82, 2.24) is 0 Å². The van der Waals surface area contributed by atoms with Gasteiger partial charge in [-0.1, -0.05) is 20.8 Å². The van der Waals surface area contributed by atoms with E-state index in [9.17, 15) is 51.8 Å². The Bertz CT molecular complexity index is 141. The van der Waals surface area contributed by atoms with E-state index in [0.717, 1.165) is 0 Å². The van der Waals surface area contributed by atoms with Gasteiger partial charge in [-0.2, -0.15) is 0 Å². The molecule has 1 atom stereocenters. The van der Waals surface area contributed by atoms with Crippen LogP contribution in [0.15, 0.2) is 0 Å². The molecule has 0 saturated heterocycles. The second kappa shape index (κ2) is 10.5. The fourth-order valence-corrected chi connectivity index (χ4v) is 0. The first kappa shape index (κ1) is 28.0. The molecule has 0 bridgehead atoms. The van der Waals surface area contributed by atoms with Crippen LogP contribution >= 0.6 is 9.24 Å². The van der Waals surface area contributed by atoms with Gasteiger partial charge in [-0.05, 0) is 5.16 Å². The fraction of sp³-hybridized carbons (Fsp3) is 1.00. The Morgan fingerprint density at radius 1 is 0.500 bits per heavy atom. The standard InChI is InChI=1S/C4H11P.3BF4/c1-4(2,3)5;3*2-1(3,4)5/h5H2,1-3H3;;;/q;3*-1. The van der Waals surface area contributed by atoms with Gasteiger partial charge < -0.3 is 51.8 Å². The van der Waals surface area contributed by atoms with Crippen LogP contribution in [0.2, 0.25) is 0 Å². The Hall–Kier alpha value is -0.215. The van der Waals surface area contributed by atoms with E-state index in [4.69, 9.17) is 0 Å². The molecule has 0 fully saturated rings. The summed E-state index contributed by atoms with van der Waals surface area (Å²) in [4.78, 5) is 0. The highest BCUT2D eigenvalue weighted by atomic mass is 31.0. The van der Waals surface area contributed by atoms with Crippen molar-refractivity contribution >= 4 is 31.0 Å². The summed E-state index contributed by atoms with van der Waals surface area (Å²) in [5.41, 5.74) is 0. The summed E-state index contributed by atoms with van der Waals surface area (Å²) in [5, 5.41) is 0.417. The molecule has 0 N–H and O–H groups in total. The van der Waals surface area contributed by atoms with Gasteiger partial charge in [-0.15, -0.1) is 9.24 Å². The summed E-state index contributed by atoms with van der Waals surface area (Å²) >= 11 is 0. The number of rotatable bonds is 0. The maximum Gasteiger partial charge on any atom is 0.673 e. The molecule has 0 heterocycles. The summed E-state index contributed by atoms with van der Waals surface area (Å²) in [7, 11) is -15.3. The van der Waals surface area contributed by atoms with Crippen LogP contribution in [0.25, 0.3) is 0 Å². The molecule has 0 spiro atoms. The van der Waals surface area contributed by atoms with E-state index < -0.39 is 21.8 Å². The Balaban J connectivity index is -0.0000000853. The van der Waals surface area contributed by atoms with Gasteiger partial charge in [0.15, 0.2) is 0 Å². The zero-order valence-corrected chi connectivity index (χ0v) is 11.5. The average molecular weight is 351 g/mol. The van der Waals surface area contributed by atoms with Crippen LogP contribution in [0.3, 0.4) is 0 Å². The van der Waals surface area contributed by atoms with Crippen LogP contribution in [0.4, 0.5) is 51.8 Å². The molecule has 20 heavy (non-hydrogen) atoms. The van der Waals surface area contributed by atoms with E-state index in [0.29, 0.717) is 5.16 Å². The maximum atomic E-state index is 9.75. The summed E-state index contributed by atoms with van der Waals surface area (Å²) in [6.45, 7) is 6.45. The third kappa shape index (κ3) is 108000. The van der Waals surface area contributed by atoms with Crippen molar-refractivity contribution < 1.29 is 51.8 Å². The van der Waals surface area contributed by atoms with Crippen molar-refractivity contribution in [2.24, 2.45) is 0 Å². The molecule has 0 aliphatic heterocycles. The fourth-order valence-electron chi connectivity index (χ4n) is 0. The molecule has 0 aliphatic rings. The summed E-state index contributed by atoms with van der Waals surface area (Å²) in [6, 6.07) is 0. The topological polar surface area (TPSA) is 0 Å². The zero-order chi connectivity index (χ0) is 18.0. The van der Waals surface area contributed by atoms with Crippen molar-refractivity contribution in [1.29, 1.82) is 0 Å². The molecule has 0 aliphatic carbocycles. The normalized spacial score (nSPS) is 12.0. The monoisotopic (exact) mass is 351 g/mol. The predicted molar refractivity (Wildman–Crippen MR) is 60.0 cm³/mol. The zero-order valence-electron chi connectivity index (χ0n) is 10.3. The van der Waals surface area contributed by atoms with Crippen LogP contribution < -0.4 is 0 Å². The number of halogens is 12. The molecule has 0 aromatic rings. The van der Waals surface area contributed by atoms with Gasteiger partial charge in [-0.3, -0.25) is 0 Å². The van der Waals surface area contributed by atoms with Crippen LogP contribution in [0.5, 0.6) is 0 Å². The minimum absolute atomic E-state index is 0.417. The van der Waals surface area contributed by atoms with Crippen molar-refractivity contribution in [3.05, 3.63) is 0 Å². The Kier molecular flexibility index (Phi) is 14.7. The van der Waals surface area contributed by atoms with Gasteiger partial charge >= 0.3 is 21.8 Å². The summed E-state index contributed by atoms with van der Waals surface area (Å²) in [5.74, 6) is 0. The lowest BCUT2D eigenvalue weighted by Crippen LogP contribution is -2.02. The molecule has 0 radical (unpaired) electrons. The summed E-state index contributed by atoms with van der Waals surface area (Å²) < 4.78 is 117. The lowest BCUT2D eigenvalue weighted by Gasteiger charge is -2.05. The Morgan fingerprint density at radius 3 is 0.500 bits per heavy atom. The first-order valence-electron chi connectivity index (χ1n) is 4.41.